The van der Waals surface area contributed by atoms with Gasteiger partial charge in [0.05, 0.1) is 5.52 Å². The number of phenolic OH excluding ortho intramolecular Hbond substituents is 1. The summed E-state index contributed by atoms with van der Waals surface area (Å²) in [6.07, 6.45) is -0.111. The average Bonchev–Trinajstić information content (AvgIpc) is 3.01. The molecule has 28 heavy (non-hydrogen) atoms. The number of carbonyl (C=O) groups excluding carboxylic acids is 1. The van der Waals surface area contributed by atoms with Crippen LogP contribution in [0.5, 0.6) is 5.75 Å². The molecule has 1 heterocycles. The van der Waals surface area contributed by atoms with Crippen LogP contribution in [0.3, 0.4) is 0 Å². The molecule has 1 aliphatic carbocycles. The Labute approximate surface area is 159 Å². The second kappa shape index (κ2) is 6.23. The Hall–Kier alpha value is -3.61. The SMILES string of the molecule is O=C(c1ccc(O)cc1)n1c2c(c3ccccc31)CC(C(=O)O)(C(=O)O)CC2. The first-order valence-corrected chi connectivity index (χ1v) is 8.77. The smallest absolute Gasteiger partial charge is 0.321 e. The molecule has 0 spiro atoms. The van der Waals surface area contributed by atoms with Crippen molar-refractivity contribution in [3.05, 3.63) is 65.4 Å². The summed E-state index contributed by atoms with van der Waals surface area (Å²) in [6, 6.07) is 13.0. The molecule has 142 valence electrons. The Morgan fingerprint density at radius 1 is 0.929 bits per heavy atom. The van der Waals surface area contributed by atoms with E-state index in [1.54, 1.807) is 24.3 Å². The lowest BCUT2D eigenvalue weighted by molar-refractivity contribution is -0.165. The van der Waals surface area contributed by atoms with Gasteiger partial charge in [-0.05, 0) is 48.7 Å². The molecule has 0 aliphatic heterocycles. The summed E-state index contributed by atoms with van der Waals surface area (Å²) in [7, 11) is 0. The van der Waals surface area contributed by atoms with Gasteiger partial charge < -0.3 is 15.3 Å². The van der Waals surface area contributed by atoms with E-state index < -0.39 is 17.4 Å². The van der Waals surface area contributed by atoms with Crippen molar-refractivity contribution in [2.45, 2.75) is 19.3 Å². The number of hydrogen-bond donors (Lipinski definition) is 3. The normalized spacial score (nSPS) is 15.1. The zero-order chi connectivity index (χ0) is 20.1. The molecule has 0 saturated carbocycles. The summed E-state index contributed by atoms with van der Waals surface area (Å²) in [5.41, 5.74) is 0.298. The number of para-hydroxylation sites is 1. The Kier molecular flexibility index (Phi) is 3.96. The first kappa shape index (κ1) is 17.8. The third kappa shape index (κ3) is 2.47. The predicted molar refractivity (Wildman–Crippen MR) is 99.5 cm³/mol. The van der Waals surface area contributed by atoms with E-state index in [1.165, 1.54) is 28.8 Å². The monoisotopic (exact) mass is 379 g/mol. The van der Waals surface area contributed by atoms with Gasteiger partial charge in [0.15, 0.2) is 5.41 Å². The minimum Gasteiger partial charge on any atom is -0.508 e. The van der Waals surface area contributed by atoms with Crippen LogP contribution in [0.15, 0.2) is 48.5 Å². The van der Waals surface area contributed by atoms with E-state index in [4.69, 9.17) is 0 Å². The Morgan fingerprint density at radius 3 is 2.21 bits per heavy atom. The minimum absolute atomic E-state index is 0.0450. The zero-order valence-electron chi connectivity index (χ0n) is 14.8. The second-order valence-corrected chi connectivity index (χ2v) is 7.00. The molecule has 3 aromatic rings. The first-order valence-electron chi connectivity index (χ1n) is 8.77. The summed E-state index contributed by atoms with van der Waals surface area (Å²) >= 11 is 0. The minimum atomic E-state index is -1.90. The van der Waals surface area contributed by atoms with Gasteiger partial charge in [0.25, 0.3) is 5.91 Å². The van der Waals surface area contributed by atoms with Gasteiger partial charge in [-0.2, -0.15) is 0 Å². The van der Waals surface area contributed by atoms with Crippen molar-refractivity contribution in [3.63, 3.8) is 0 Å². The maximum Gasteiger partial charge on any atom is 0.321 e. The lowest BCUT2D eigenvalue weighted by Gasteiger charge is -2.29. The number of carboxylic acid groups (broad SMARTS) is 2. The fourth-order valence-corrected chi connectivity index (χ4v) is 3.96. The number of hydrogen-bond acceptors (Lipinski definition) is 4. The van der Waals surface area contributed by atoms with Gasteiger partial charge in [0, 0.05) is 23.1 Å². The molecule has 2 aromatic carbocycles. The average molecular weight is 379 g/mol. The lowest BCUT2D eigenvalue weighted by Crippen LogP contribution is -2.44. The number of nitrogens with zero attached hydrogens (tertiary/aromatic N) is 1. The van der Waals surface area contributed by atoms with Gasteiger partial charge in [-0.1, -0.05) is 18.2 Å². The predicted octanol–water partition coefficient (Wildman–Crippen LogP) is 2.68. The fourth-order valence-electron chi connectivity index (χ4n) is 3.96. The van der Waals surface area contributed by atoms with Crippen molar-refractivity contribution >= 4 is 28.7 Å². The van der Waals surface area contributed by atoms with Gasteiger partial charge in [-0.3, -0.25) is 19.0 Å². The molecular formula is C21H17NO6. The molecule has 0 saturated heterocycles. The van der Waals surface area contributed by atoms with Crippen LogP contribution < -0.4 is 0 Å². The summed E-state index contributed by atoms with van der Waals surface area (Å²) in [5.74, 6) is -3.00. The van der Waals surface area contributed by atoms with Crippen molar-refractivity contribution in [1.82, 2.24) is 4.57 Å². The van der Waals surface area contributed by atoms with Crippen molar-refractivity contribution in [1.29, 1.82) is 0 Å². The molecular weight excluding hydrogens is 362 g/mol. The van der Waals surface area contributed by atoms with Gasteiger partial charge in [0.2, 0.25) is 0 Å². The van der Waals surface area contributed by atoms with Crippen molar-refractivity contribution < 1.29 is 29.7 Å². The number of aromatic nitrogens is 1. The number of phenols is 1. The fraction of sp³-hybridized carbons (Fsp3) is 0.190. The number of fused-ring (bicyclic) bond motifs is 3. The molecule has 3 N–H and O–H groups in total. The Bertz CT molecular complexity index is 1110. The van der Waals surface area contributed by atoms with Crippen LogP contribution in [0.1, 0.15) is 28.0 Å². The van der Waals surface area contributed by atoms with Crippen LogP contribution in [0.4, 0.5) is 0 Å². The number of carboxylic acids is 2. The van der Waals surface area contributed by atoms with Crippen LogP contribution in [0.25, 0.3) is 10.9 Å². The quantitative estimate of drug-likeness (QED) is 0.603. The van der Waals surface area contributed by atoms with Gasteiger partial charge in [0.1, 0.15) is 5.75 Å². The van der Waals surface area contributed by atoms with Crippen LogP contribution in [0, 0.1) is 5.41 Å². The molecule has 0 amide bonds. The third-order valence-corrected chi connectivity index (χ3v) is 5.49. The van der Waals surface area contributed by atoms with Crippen LogP contribution in [0.2, 0.25) is 0 Å². The topological polar surface area (TPSA) is 117 Å². The van der Waals surface area contributed by atoms with Crippen LogP contribution in [-0.4, -0.2) is 37.7 Å². The van der Waals surface area contributed by atoms with Crippen LogP contribution >= 0.6 is 0 Å². The molecule has 0 fully saturated rings. The summed E-state index contributed by atoms with van der Waals surface area (Å²) in [5, 5.41) is 29.3. The maximum atomic E-state index is 13.2. The third-order valence-electron chi connectivity index (χ3n) is 5.49. The Morgan fingerprint density at radius 2 is 1.57 bits per heavy atom. The largest absolute Gasteiger partial charge is 0.508 e. The summed E-state index contributed by atoms with van der Waals surface area (Å²) in [4.78, 5) is 36.7. The number of carbonyl (C=O) groups is 3. The highest BCUT2D eigenvalue weighted by atomic mass is 16.4. The molecule has 0 atom stereocenters. The van der Waals surface area contributed by atoms with E-state index in [1.807, 2.05) is 0 Å². The molecule has 7 heteroatoms. The number of aromatic hydroxyl groups is 1. The molecule has 0 bridgehead atoms. The van der Waals surface area contributed by atoms with Crippen molar-refractivity contribution in [3.8, 4) is 5.75 Å². The first-order chi connectivity index (χ1) is 13.3. The molecule has 0 radical (unpaired) electrons. The van der Waals surface area contributed by atoms with Gasteiger partial charge >= 0.3 is 11.9 Å². The Balaban J connectivity index is 1.92. The van der Waals surface area contributed by atoms with E-state index in [-0.39, 0.29) is 30.9 Å². The van der Waals surface area contributed by atoms with Gasteiger partial charge in [-0.25, -0.2) is 0 Å². The van der Waals surface area contributed by atoms with Gasteiger partial charge in [-0.15, -0.1) is 0 Å². The summed E-state index contributed by atoms with van der Waals surface area (Å²) < 4.78 is 1.53. The molecule has 1 aromatic heterocycles. The van der Waals surface area contributed by atoms with E-state index in [9.17, 15) is 29.7 Å². The highest BCUT2D eigenvalue weighted by molar-refractivity contribution is 6.05. The lowest BCUT2D eigenvalue weighted by atomic mass is 9.72. The van der Waals surface area contributed by atoms with E-state index >= 15 is 0 Å². The van der Waals surface area contributed by atoms with E-state index in [2.05, 4.69) is 0 Å². The number of aliphatic carboxylic acids is 2. The number of rotatable bonds is 3. The standard InChI is InChI=1S/C21H17NO6/c23-13-7-5-12(6-8-13)18(24)22-16-4-2-1-3-14(16)15-11-21(19(25)26,20(27)28)10-9-17(15)22/h1-8,23H,9-11H2,(H,25,26)(H,27,28). The molecule has 4 rings (SSSR count). The molecule has 1 aliphatic rings. The highest BCUT2D eigenvalue weighted by Crippen LogP contribution is 2.41. The summed E-state index contributed by atoms with van der Waals surface area (Å²) in [6.45, 7) is 0. The van der Waals surface area contributed by atoms with Crippen LogP contribution in [-0.2, 0) is 22.4 Å². The van der Waals surface area contributed by atoms with E-state index in [0.29, 0.717) is 27.7 Å². The van der Waals surface area contributed by atoms with Crippen molar-refractivity contribution in [2.24, 2.45) is 5.41 Å². The molecule has 0 unspecified atom stereocenters. The molecule has 7 nitrogen and oxygen atoms in total. The second-order valence-electron chi connectivity index (χ2n) is 7.00. The zero-order valence-corrected chi connectivity index (χ0v) is 14.8. The van der Waals surface area contributed by atoms with E-state index in [0.717, 1.165) is 0 Å². The van der Waals surface area contributed by atoms with Crippen molar-refractivity contribution in [2.75, 3.05) is 0 Å². The number of benzene rings is 2. The highest BCUT2D eigenvalue weighted by Gasteiger charge is 2.50. The maximum absolute atomic E-state index is 13.2.